The summed E-state index contributed by atoms with van der Waals surface area (Å²) in [4.78, 5) is 12.4. The highest BCUT2D eigenvalue weighted by molar-refractivity contribution is 6.30. The number of hydrogen-bond acceptors (Lipinski definition) is 2. The van der Waals surface area contributed by atoms with Gasteiger partial charge < -0.3 is 5.32 Å². The fourth-order valence-corrected chi connectivity index (χ4v) is 2.60. The largest absolute Gasteiger partial charge is 0.385 e. The van der Waals surface area contributed by atoms with Gasteiger partial charge in [-0.15, -0.1) is 0 Å². The minimum atomic E-state index is -0.585. The number of halogens is 2. The molecule has 0 aromatic heterocycles. The SMILES string of the molecule is O=C(c1ccc2c(c1)CCCN2)c1ccc(Cl)cc1F. The van der Waals surface area contributed by atoms with Crippen molar-refractivity contribution in [3.8, 4) is 0 Å². The Hall–Kier alpha value is -1.87. The maximum atomic E-state index is 13.8. The van der Waals surface area contributed by atoms with Crippen molar-refractivity contribution in [2.75, 3.05) is 11.9 Å². The first-order valence-electron chi connectivity index (χ1n) is 6.52. The van der Waals surface area contributed by atoms with E-state index in [0.717, 1.165) is 36.7 Å². The van der Waals surface area contributed by atoms with Crippen molar-refractivity contribution in [2.45, 2.75) is 12.8 Å². The van der Waals surface area contributed by atoms with Crippen LogP contribution < -0.4 is 5.32 Å². The summed E-state index contributed by atoms with van der Waals surface area (Å²) in [6.07, 6.45) is 1.98. The molecule has 0 saturated heterocycles. The second-order valence-corrected chi connectivity index (χ2v) is 5.29. The first-order valence-corrected chi connectivity index (χ1v) is 6.89. The van der Waals surface area contributed by atoms with Gasteiger partial charge in [0.15, 0.2) is 5.78 Å². The molecule has 1 heterocycles. The number of carbonyl (C=O) groups is 1. The van der Waals surface area contributed by atoms with E-state index in [4.69, 9.17) is 11.6 Å². The van der Waals surface area contributed by atoms with Crippen LogP contribution in [0.1, 0.15) is 27.9 Å². The summed E-state index contributed by atoms with van der Waals surface area (Å²) in [6.45, 7) is 0.951. The second-order valence-electron chi connectivity index (χ2n) is 4.86. The van der Waals surface area contributed by atoms with Crippen LogP contribution in [0.15, 0.2) is 36.4 Å². The van der Waals surface area contributed by atoms with Crippen molar-refractivity contribution in [1.29, 1.82) is 0 Å². The van der Waals surface area contributed by atoms with Crippen molar-refractivity contribution in [1.82, 2.24) is 0 Å². The third-order valence-corrected chi connectivity index (χ3v) is 3.72. The maximum absolute atomic E-state index is 13.8. The summed E-state index contributed by atoms with van der Waals surface area (Å²) in [5.74, 6) is -0.897. The monoisotopic (exact) mass is 289 g/mol. The number of rotatable bonds is 2. The summed E-state index contributed by atoms with van der Waals surface area (Å²) in [5.41, 5.74) is 2.73. The number of aryl methyl sites for hydroxylation is 1. The third-order valence-electron chi connectivity index (χ3n) is 3.48. The summed E-state index contributed by atoms with van der Waals surface area (Å²) < 4.78 is 13.8. The van der Waals surface area contributed by atoms with Gasteiger partial charge in [-0.05, 0) is 54.8 Å². The van der Waals surface area contributed by atoms with Gasteiger partial charge in [0.05, 0.1) is 5.56 Å². The van der Waals surface area contributed by atoms with E-state index in [2.05, 4.69) is 5.32 Å². The molecule has 1 aliphatic heterocycles. The van der Waals surface area contributed by atoms with E-state index < -0.39 is 5.82 Å². The van der Waals surface area contributed by atoms with Crippen molar-refractivity contribution >= 4 is 23.1 Å². The lowest BCUT2D eigenvalue weighted by atomic mass is 9.96. The summed E-state index contributed by atoms with van der Waals surface area (Å²) >= 11 is 5.70. The lowest BCUT2D eigenvalue weighted by molar-refractivity contribution is 0.103. The Bertz CT molecular complexity index is 684. The molecule has 1 aliphatic rings. The fourth-order valence-electron chi connectivity index (χ4n) is 2.45. The highest BCUT2D eigenvalue weighted by atomic mass is 35.5. The number of anilines is 1. The Labute approximate surface area is 121 Å². The number of ketones is 1. The molecule has 0 fully saturated rings. The molecular formula is C16H13ClFNO. The zero-order valence-corrected chi connectivity index (χ0v) is 11.5. The van der Waals surface area contributed by atoms with Gasteiger partial charge in [-0.2, -0.15) is 0 Å². The van der Waals surface area contributed by atoms with E-state index in [0.29, 0.717) is 5.56 Å². The van der Waals surface area contributed by atoms with Crippen molar-refractivity contribution in [2.24, 2.45) is 0 Å². The minimum Gasteiger partial charge on any atom is -0.385 e. The first kappa shape index (κ1) is 13.1. The van der Waals surface area contributed by atoms with Crippen LogP contribution in [-0.4, -0.2) is 12.3 Å². The van der Waals surface area contributed by atoms with E-state index in [1.165, 1.54) is 12.1 Å². The number of nitrogens with one attached hydrogen (secondary N) is 1. The van der Waals surface area contributed by atoms with Gasteiger partial charge in [0.25, 0.3) is 0 Å². The molecule has 3 rings (SSSR count). The third kappa shape index (κ3) is 2.41. The van der Waals surface area contributed by atoms with Crippen LogP contribution in [0.4, 0.5) is 10.1 Å². The van der Waals surface area contributed by atoms with Gasteiger partial charge in [0, 0.05) is 22.8 Å². The summed E-state index contributed by atoms with van der Waals surface area (Å²) in [7, 11) is 0. The molecule has 0 saturated carbocycles. The number of hydrogen-bond donors (Lipinski definition) is 1. The lowest BCUT2D eigenvalue weighted by Crippen LogP contribution is -2.13. The van der Waals surface area contributed by atoms with Crippen molar-refractivity contribution in [3.05, 3.63) is 63.9 Å². The van der Waals surface area contributed by atoms with E-state index in [-0.39, 0.29) is 16.4 Å². The van der Waals surface area contributed by atoms with Gasteiger partial charge in [-0.3, -0.25) is 4.79 Å². The van der Waals surface area contributed by atoms with E-state index in [1.54, 1.807) is 6.07 Å². The van der Waals surface area contributed by atoms with Crippen LogP contribution in [0.5, 0.6) is 0 Å². The van der Waals surface area contributed by atoms with Gasteiger partial charge >= 0.3 is 0 Å². The number of benzene rings is 2. The summed E-state index contributed by atoms with van der Waals surface area (Å²) in [6, 6.07) is 9.57. The smallest absolute Gasteiger partial charge is 0.195 e. The average Bonchev–Trinajstić information content (AvgIpc) is 2.46. The van der Waals surface area contributed by atoms with E-state index >= 15 is 0 Å². The molecule has 0 spiro atoms. The molecule has 0 bridgehead atoms. The van der Waals surface area contributed by atoms with Crippen molar-refractivity contribution in [3.63, 3.8) is 0 Å². The predicted molar refractivity (Wildman–Crippen MR) is 78.1 cm³/mol. The van der Waals surface area contributed by atoms with E-state index in [9.17, 15) is 9.18 Å². The summed E-state index contributed by atoms with van der Waals surface area (Å²) in [5, 5.41) is 3.57. The molecule has 1 N–H and O–H groups in total. The minimum absolute atomic E-state index is 0.0538. The van der Waals surface area contributed by atoms with Gasteiger partial charge in [-0.25, -0.2) is 4.39 Å². The zero-order valence-electron chi connectivity index (χ0n) is 10.7. The molecule has 0 atom stereocenters. The highest BCUT2D eigenvalue weighted by Gasteiger charge is 2.17. The topological polar surface area (TPSA) is 29.1 Å². The van der Waals surface area contributed by atoms with Crippen LogP contribution in [0, 0.1) is 5.82 Å². The van der Waals surface area contributed by atoms with Crippen LogP contribution in [-0.2, 0) is 6.42 Å². The fraction of sp³-hybridized carbons (Fsp3) is 0.188. The molecule has 102 valence electrons. The lowest BCUT2D eigenvalue weighted by Gasteiger charge is -2.18. The molecule has 0 amide bonds. The van der Waals surface area contributed by atoms with E-state index in [1.807, 2.05) is 12.1 Å². The molecule has 0 radical (unpaired) electrons. The molecule has 2 nitrogen and oxygen atoms in total. The van der Waals surface area contributed by atoms with Crippen molar-refractivity contribution < 1.29 is 9.18 Å². The Morgan fingerprint density at radius 1 is 1.20 bits per heavy atom. The molecule has 2 aromatic rings. The molecule has 0 unspecified atom stereocenters. The molecule has 2 aromatic carbocycles. The first-order chi connectivity index (χ1) is 9.65. The second kappa shape index (κ2) is 5.25. The Balaban J connectivity index is 1.98. The molecule has 4 heteroatoms. The van der Waals surface area contributed by atoms with Crippen LogP contribution in [0.3, 0.4) is 0 Å². The molecular weight excluding hydrogens is 277 g/mol. The molecule has 0 aliphatic carbocycles. The highest BCUT2D eigenvalue weighted by Crippen LogP contribution is 2.25. The molecule has 20 heavy (non-hydrogen) atoms. The Morgan fingerprint density at radius 2 is 2.05 bits per heavy atom. The Kier molecular flexibility index (Phi) is 3.45. The average molecular weight is 290 g/mol. The van der Waals surface area contributed by atoms with Gasteiger partial charge in [0.2, 0.25) is 0 Å². The zero-order chi connectivity index (χ0) is 14.1. The van der Waals surface area contributed by atoms with Crippen LogP contribution in [0.2, 0.25) is 5.02 Å². The Morgan fingerprint density at radius 3 is 2.85 bits per heavy atom. The van der Waals surface area contributed by atoms with Gasteiger partial charge in [-0.1, -0.05) is 11.6 Å². The predicted octanol–water partition coefficient (Wildman–Crippen LogP) is 4.07. The number of fused-ring (bicyclic) bond motifs is 1. The quantitative estimate of drug-likeness (QED) is 0.845. The normalized spacial score (nSPS) is 13.5. The van der Waals surface area contributed by atoms with Crippen LogP contribution in [0.25, 0.3) is 0 Å². The van der Waals surface area contributed by atoms with Crippen LogP contribution >= 0.6 is 11.6 Å². The standard InChI is InChI=1S/C16H13ClFNO/c17-12-4-5-13(14(18)9-12)16(20)11-3-6-15-10(8-11)2-1-7-19-15/h3-6,8-9,19H,1-2,7H2. The number of carbonyl (C=O) groups excluding carboxylic acids is 1. The maximum Gasteiger partial charge on any atom is 0.195 e. The van der Waals surface area contributed by atoms with Gasteiger partial charge in [0.1, 0.15) is 5.82 Å².